The molecule has 0 fully saturated rings. The van der Waals surface area contributed by atoms with Gasteiger partial charge in [-0.1, -0.05) is 0 Å². The minimum Gasteiger partial charge on any atom is -0.490 e. The first-order chi connectivity index (χ1) is 13.8. The van der Waals surface area contributed by atoms with Crippen LogP contribution in [0.2, 0.25) is 0 Å². The molecule has 152 valence electrons. The van der Waals surface area contributed by atoms with Gasteiger partial charge in [-0.2, -0.15) is 0 Å². The van der Waals surface area contributed by atoms with Crippen LogP contribution in [0.25, 0.3) is 0 Å². The predicted octanol–water partition coefficient (Wildman–Crippen LogP) is 2.15. The van der Waals surface area contributed by atoms with Gasteiger partial charge in [-0.3, -0.25) is 19.7 Å². The van der Waals surface area contributed by atoms with Crippen LogP contribution in [0.5, 0.6) is 5.75 Å². The average molecular weight is 401 g/mol. The number of esters is 1. The van der Waals surface area contributed by atoms with Crippen LogP contribution in [-0.2, 0) is 9.53 Å². The molecule has 10 nitrogen and oxygen atoms in total. The van der Waals surface area contributed by atoms with Crippen LogP contribution >= 0.6 is 0 Å². The van der Waals surface area contributed by atoms with E-state index in [1.165, 1.54) is 43.5 Å². The van der Waals surface area contributed by atoms with Crippen molar-refractivity contribution in [3.05, 3.63) is 63.7 Å². The number of ether oxygens (including phenoxy) is 2. The Morgan fingerprint density at radius 3 is 2.31 bits per heavy atom. The summed E-state index contributed by atoms with van der Waals surface area (Å²) in [6, 6.07) is 9.79. The van der Waals surface area contributed by atoms with Gasteiger partial charge in [0.25, 0.3) is 5.91 Å². The molecule has 0 aliphatic heterocycles. The molecule has 2 N–H and O–H groups in total. The fraction of sp³-hybridized carbons (Fsp3) is 0.211. The molecule has 0 heterocycles. The number of nitrogens with zero attached hydrogens (tertiary/aromatic N) is 1. The zero-order chi connectivity index (χ0) is 21.4. The Bertz CT molecular complexity index is 926. The van der Waals surface area contributed by atoms with Gasteiger partial charge in [0.1, 0.15) is 0 Å². The van der Waals surface area contributed by atoms with Gasteiger partial charge in [0.15, 0.2) is 5.75 Å². The second-order valence-corrected chi connectivity index (χ2v) is 5.67. The second kappa shape index (κ2) is 9.83. The molecule has 29 heavy (non-hydrogen) atoms. The zero-order valence-electron chi connectivity index (χ0n) is 15.8. The molecule has 0 aromatic heterocycles. The normalized spacial score (nSPS) is 10.0. The third-order valence-corrected chi connectivity index (χ3v) is 3.73. The molecule has 0 unspecified atom stereocenters. The molecule has 0 aliphatic rings. The summed E-state index contributed by atoms with van der Waals surface area (Å²) in [5.41, 5.74) is 0.437. The van der Waals surface area contributed by atoms with E-state index >= 15 is 0 Å². The van der Waals surface area contributed by atoms with Gasteiger partial charge in [0, 0.05) is 17.3 Å². The summed E-state index contributed by atoms with van der Waals surface area (Å²) in [4.78, 5) is 46.1. The lowest BCUT2D eigenvalue weighted by Gasteiger charge is -2.08. The number of carbonyl (C=O) groups is 3. The average Bonchev–Trinajstić information content (AvgIpc) is 2.72. The van der Waals surface area contributed by atoms with Gasteiger partial charge in [-0.05, 0) is 43.3 Å². The molecule has 2 aromatic rings. The van der Waals surface area contributed by atoms with Crippen LogP contribution in [0.1, 0.15) is 27.6 Å². The van der Waals surface area contributed by atoms with Gasteiger partial charge in [0.2, 0.25) is 5.91 Å². The van der Waals surface area contributed by atoms with Crippen LogP contribution < -0.4 is 15.4 Å². The molecule has 0 spiro atoms. The molecule has 0 saturated heterocycles. The van der Waals surface area contributed by atoms with Crippen molar-refractivity contribution in [3.8, 4) is 5.75 Å². The summed E-state index contributed by atoms with van der Waals surface area (Å²) in [5, 5.41) is 16.0. The Morgan fingerprint density at radius 2 is 1.72 bits per heavy atom. The van der Waals surface area contributed by atoms with Gasteiger partial charge in [-0.25, -0.2) is 4.79 Å². The minimum atomic E-state index is -0.664. The number of hydrogen-bond donors (Lipinski definition) is 2. The Kier molecular flexibility index (Phi) is 7.24. The van der Waals surface area contributed by atoms with Crippen molar-refractivity contribution in [2.45, 2.75) is 6.92 Å². The number of nitro benzene ring substituents is 1. The van der Waals surface area contributed by atoms with Crippen LogP contribution in [0, 0.1) is 10.1 Å². The van der Waals surface area contributed by atoms with E-state index in [0.717, 1.165) is 6.07 Å². The first-order valence-corrected chi connectivity index (χ1v) is 8.53. The highest BCUT2D eigenvalue weighted by Gasteiger charge is 2.18. The molecule has 0 radical (unpaired) electrons. The number of amides is 2. The van der Waals surface area contributed by atoms with Crippen LogP contribution in [-0.4, -0.2) is 43.0 Å². The number of methoxy groups -OCH3 is 1. The standard InChI is InChI=1S/C19H19N3O7/c1-3-29-19(25)12-4-7-14(8-5-12)21-17(23)11-20-18(24)13-6-9-16(28-2)15(10-13)22(26)27/h4-10H,3,11H2,1-2H3,(H,20,24)(H,21,23). The number of anilines is 1. The van der Waals surface area contributed by atoms with E-state index in [1.807, 2.05) is 0 Å². The summed E-state index contributed by atoms with van der Waals surface area (Å²) >= 11 is 0. The second-order valence-electron chi connectivity index (χ2n) is 5.67. The monoisotopic (exact) mass is 401 g/mol. The van der Waals surface area contributed by atoms with Gasteiger partial charge < -0.3 is 20.1 Å². The van der Waals surface area contributed by atoms with E-state index in [4.69, 9.17) is 9.47 Å². The highest BCUT2D eigenvalue weighted by atomic mass is 16.6. The quantitative estimate of drug-likeness (QED) is 0.393. The first kappa shape index (κ1) is 21.4. The minimum absolute atomic E-state index is 0.0177. The summed E-state index contributed by atoms with van der Waals surface area (Å²) in [7, 11) is 1.28. The van der Waals surface area contributed by atoms with Crippen LogP contribution in [0.15, 0.2) is 42.5 Å². The predicted molar refractivity (Wildman–Crippen MR) is 103 cm³/mol. The maximum atomic E-state index is 12.2. The van der Waals surface area contributed by atoms with Crippen molar-refractivity contribution in [3.63, 3.8) is 0 Å². The largest absolute Gasteiger partial charge is 0.490 e. The SMILES string of the molecule is CCOC(=O)c1ccc(NC(=O)CNC(=O)c2ccc(OC)c([N+](=O)[O-])c2)cc1. The van der Waals surface area contributed by atoms with Crippen LogP contribution in [0.3, 0.4) is 0 Å². The van der Waals surface area contributed by atoms with Crippen molar-refractivity contribution < 1.29 is 28.8 Å². The zero-order valence-corrected chi connectivity index (χ0v) is 15.8. The highest BCUT2D eigenvalue weighted by molar-refractivity contribution is 6.00. The van der Waals surface area contributed by atoms with Crippen molar-refractivity contribution in [1.29, 1.82) is 0 Å². The van der Waals surface area contributed by atoms with Crippen molar-refractivity contribution in [2.24, 2.45) is 0 Å². The lowest BCUT2D eigenvalue weighted by Crippen LogP contribution is -2.32. The van der Waals surface area contributed by atoms with Gasteiger partial charge in [0.05, 0.1) is 30.7 Å². The molecule has 0 atom stereocenters. The number of nitrogens with one attached hydrogen (secondary N) is 2. The van der Waals surface area contributed by atoms with E-state index in [-0.39, 0.29) is 30.2 Å². The van der Waals surface area contributed by atoms with E-state index < -0.39 is 22.7 Å². The number of benzene rings is 2. The van der Waals surface area contributed by atoms with E-state index in [1.54, 1.807) is 6.92 Å². The van der Waals surface area contributed by atoms with Gasteiger partial charge >= 0.3 is 11.7 Å². The number of hydrogen-bond acceptors (Lipinski definition) is 7. The summed E-state index contributed by atoms with van der Waals surface area (Å²) in [6.07, 6.45) is 0. The van der Waals surface area contributed by atoms with E-state index in [2.05, 4.69) is 10.6 Å². The molecule has 2 amide bonds. The Labute approximate surface area is 166 Å². The fourth-order valence-electron chi connectivity index (χ4n) is 2.35. The Morgan fingerprint density at radius 1 is 1.07 bits per heavy atom. The van der Waals surface area contributed by atoms with E-state index in [0.29, 0.717) is 11.3 Å². The van der Waals surface area contributed by atoms with Crippen molar-refractivity contribution >= 4 is 29.2 Å². The van der Waals surface area contributed by atoms with Crippen molar-refractivity contribution in [1.82, 2.24) is 5.32 Å². The number of carbonyl (C=O) groups excluding carboxylic acids is 3. The molecule has 0 aliphatic carbocycles. The fourth-order valence-corrected chi connectivity index (χ4v) is 2.35. The van der Waals surface area contributed by atoms with Gasteiger partial charge in [-0.15, -0.1) is 0 Å². The first-order valence-electron chi connectivity index (χ1n) is 8.53. The lowest BCUT2D eigenvalue weighted by molar-refractivity contribution is -0.385. The molecule has 0 saturated carbocycles. The number of rotatable bonds is 8. The van der Waals surface area contributed by atoms with Crippen LogP contribution in [0.4, 0.5) is 11.4 Å². The molecular weight excluding hydrogens is 382 g/mol. The molecule has 10 heteroatoms. The molecule has 0 bridgehead atoms. The summed E-state index contributed by atoms with van der Waals surface area (Å²) in [5.74, 6) is -1.60. The number of nitro groups is 1. The van der Waals surface area contributed by atoms with Crippen molar-refractivity contribution in [2.75, 3.05) is 25.6 Å². The summed E-state index contributed by atoms with van der Waals surface area (Å²) < 4.78 is 9.75. The molecule has 2 aromatic carbocycles. The van der Waals surface area contributed by atoms with E-state index in [9.17, 15) is 24.5 Å². The smallest absolute Gasteiger partial charge is 0.338 e. The lowest BCUT2D eigenvalue weighted by atomic mass is 10.1. The third-order valence-electron chi connectivity index (χ3n) is 3.73. The molecule has 2 rings (SSSR count). The Balaban J connectivity index is 1.93. The third kappa shape index (κ3) is 5.76. The Hall–Kier alpha value is -3.95. The maximum Gasteiger partial charge on any atom is 0.338 e. The summed E-state index contributed by atoms with van der Waals surface area (Å²) in [6.45, 7) is 1.61. The topological polar surface area (TPSA) is 137 Å². The highest BCUT2D eigenvalue weighted by Crippen LogP contribution is 2.27. The maximum absolute atomic E-state index is 12.2. The molecular formula is C19H19N3O7.